The van der Waals surface area contributed by atoms with Crippen LogP contribution in [0.25, 0.3) is 0 Å². The Labute approximate surface area is 110 Å². The van der Waals surface area contributed by atoms with Gasteiger partial charge in [0.1, 0.15) is 0 Å². The highest BCUT2D eigenvalue weighted by Gasteiger charge is 2.34. The molecule has 2 aliphatic rings. The van der Waals surface area contributed by atoms with Crippen LogP contribution in [-0.4, -0.2) is 71.9 Å². The molecule has 2 fully saturated rings. The molecule has 2 aliphatic heterocycles. The molecule has 0 aromatic heterocycles. The number of carbonyl (C=O) groups is 2. The van der Waals surface area contributed by atoms with E-state index in [-0.39, 0.29) is 25.0 Å². The topological polar surface area (TPSA) is 76.1 Å². The van der Waals surface area contributed by atoms with E-state index in [0.29, 0.717) is 25.5 Å². The minimum absolute atomic E-state index is 0.00762. The van der Waals surface area contributed by atoms with Crippen LogP contribution < -0.4 is 0 Å². The molecule has 0 radical (unpaired) electrons. The van der Waals surface area contributed by atoms with Crippen LogP contribution in [0.3, 0.4) is 0 Å². The summed E-state index contributed by atoms with van der Waals surface area (Å²) < 4.78 is 10.6. The average molecular weight is 275 g/mol. The van der Waals surface area contributed by atoms with E-state index in [1.165, 1.54) is 0 Å². The van der Waals surface area contributed by atoms with Crippen LogP contribution in [0.4, 0.5) is 0 Å². The van der Waals surface area contributed by atoms with E-state index in [1.807, 2.05) is 0 Å². The van der Waals surface area contributed by atoms with E-state index in [4.69, 9.17) is 14.6 Å². The number of nitrogens with zero attached hydrogens (tertiary/aromatic N) is 1. The van der Waals surface area contributed by atoms with Gasteiger partial charge in [-0.1, -0.05) is 0 Å². The molecular formula is C11H17NO5S. The Balaban J connectivity index is 1.98. The molecule has 2 unspecified atom stereocenters. The average Bonchev–Trinajstić information content (AvgIpc) is 2.39. The van der Waals surface area contributed by atoms with E-state index < -0.39 is 12.1 Å². The summed E-state index contributed by atoms with van der Waals surface area (Å²) in [7, 11) is 0. The van der Waals surface area contributed by atoms with E-state index in [1.54, 1.807) is 16.7 Å². The van der Waals surface area contributed by atoms with Crippen molar-refractivity contribution < 1.29 is 24.2 Å². The molecule has 0 bridgehead atoms. The molecule has 1 N–H and O–H groups in total. The molecule has 18 heavy (non-hydrogen) atoms. The number of hydrogen-bond donors (Lipinski definition) is 1. The molecule has 0 saturated carbocycles. The Morgan fingerprint density at radius 2 is 2.22 bits per heavy atom. The molecule has 1 amide bonds. The maximum Gasteiger partial charge on any atom is 0.305 e. The first kappa shape index (κ1) is 13.6. The van der Waals surface area contributed by atoms with Gasteiger partial charge in [-0.15, -0.1) is 0 Å². The van der Waals surface area contributed by atoms with Crippen LogP contribution in [0.15, 0.2) is 0 Å². The SMILES string of the molecule is O=C(O)CC1CSCCN1C(=O)C1COCCO1. The number of aliphatic carboxylic acids is 1. The van der Waals surface area contributed by atoms with Crippen molar-refractivity contribution in [1.29, 1.82) is 0 Å². The lowest BCUT2D eigenvalue weighted by molar-refractivity contribution is -0.160. The lowest BCUT2D eigenvalue weighted by atomic mass is 10.1. The zero-order chi connectivity index (χ0) is 13.0. The van der Waals surface area contributed by atoms with Crippen molar-refractivity contribution in [1.82, 2.24) is 4.90 Å². The molecule has 0 spiro atoms. The number of thioether (sulfide) groups is 1. The summed E-state index contributed by atoms with van der Waals surface area (Å²) in [6, 6.07) is -0.237. The smallest absolute Gasteiger partial charge is 0.305 e. The Morgan fingerprint density at radius 3 is 2.89 bits per heavy atom. The van der Waals surface area contributed by atoms with Crippen molar-refractivity contribution in [3.63, 3.8) is 0 Å². The number of ether oxygens (including phenoxy) is 2. The number of hydrogen-bond acceptors (Lipinski definition) is 5. The van der Waals surface area contributed by atoms with Gasteiger partial charge in [0.15, 0.2) is 6.10 Å². The molecule has 2 rings (SSSR count). The molecule has 0 aromatic carbocycles. The second-order valence-electron chi connectivity index (χ2n) is 4.29. The first-order valence-electron chi connectivity index (χ1n) is 5.98. The number of amides is 1. The second-order valence-corrected chi connectivity index (χ2v) is 5.44. The van der Waals surface area contributed by atoms with Gasteiger partial charge >= 0.3 is 5.97 Å². The predicted octanol–water partition coefficient (Wildman–Crippen LogP) is -0.179. The highest BCUT2D eigenvalue weighted by Crippen LogP contribution is 2.21. The van der Waals surface area contributed by atoms with Crippen molar-refractivity contribution in [2.45, 2.75) is 18.6 Å². The van der Waals surface area contributed by atoms with Crippen LogP contribution in [0.5, 0.6) is 0 Å². The summed E-state index contributed by atoms with van der Waals surface area (Å²) in [4.78, 5) is 24.7. The normalized spacial score (nSPS) is 29.0. The van der Waals surface area contributed by atoms with Crippen molar-refractivity contribution in [3.8, 4) is 0 Å². The molecule has 0 aromatic rings. The Kier molecular flexibility index (Phi) is 4.85. The van der Waals surface area contributed by atoms with Gasteiger partial charge in [0, 0.05) is 18.1 Å². The van der Waals surface area contributed by atoms with E-state index in [2.05, 4.69) is 0 Å². The highest BCUT2D eigenvalue weighted by molar-refractivity contribution is 7.99. The van der Waals surface area contributed by atoms with Gasteiger partial charge in [0.25, 0.3) is 5.91 Å². The minimum Gasteiger partial charge on any atom is -0.481 e. The Morgan fingerprint density at radius 1 is 1.39 bits per heavy atom. The van der Waals surface area contributed by atoms with Gasteiger partial charge in [0.2, 0.25) is 0 Å². The zero-order valence-corrected chi connectivity index (χ0v) is 10.9. The van der Waals surface area contributed by atoms with E-state index in [9.17, 15) is 9.59 Å². The second kappa shape index (κ2) is 6.40. The van der Waals surface area contributed by atoms with E-state index >= 15 is 0 Å². The van der Waals surface area contributed by atoms with Gasteiger partial charge in [-0.3, -0.25) is 9.59 Å². The first-order valence-corrected chi connectivity index (χ1v) is 7.13. The molecule has 7 heteroatoms. The maximum atomic E-state index is 12.3. The summed E-state index contributed by atoms with van der Waals surface area (Å²) in [5.74, 6) is 0.503. The fraction of sp³-hybridized carbons (Fsp3) is 0.818. The summed E-state index contributed by atoms with van der Waals surface area (Å²) in [6.45, 7) is 1.78. The van der Waals surface area contributed by atoms with Crippen LogP contribution in [0, 0.1) is 0 Å². The minimum atomic E-state index is -0.874. The number of carboxylic acids is 1. The van der Waals surface area contributed by atoms with Gasteiger partial charge in [0.05, 0.1) is 32.3 Å². The monoisotopic (exact) mass is 275 g/mol. The number of carbonyl (C=O) groups excluding carboxylic acids is 1. The standard InChI is InChI=1S/C11H17NO5S/c13-10(14)5-8-7-18-4-1-12(8)11(15)9-6-16-2-3-17-9/h8-9H,1-7H2,(H,13,14). The summed E-state index contributed by atoms with van der Waals surface area (Å²) in [6.07, 6.45) is -0.579. The fourth-order valence-electron chi connectivity index (χ4n) is 2.13. The zero-order valence-electron chi connectivity index (χ0n) is 10.0. The van der Waals surface area contributed by atoms with Gasteiger partial charge in [-0.25, -0.2) is 0 Å². The number of carboxylic acid groups (broad SMARTS) is 1. The van der Waals surface area contributed by atoms with Crippen LogP contribution >= 0.6 is 11.8 Å². The first-order chi connectivity index (χ1) is 8.68. The third kappa shape index (κ3) is 3.37. The Bertz CT molecular complexity index is 319. The van der Waals surface area contributed by atoms with Crippen LogP contribution in [0.2, 0.25) is 0 Å². The summed E-state index contributed by atoms with van der Waals surface area (Å²) in [5, 5.41) is 8.87. The predicted molar refractivity (Wildman–Crippen MR) is 65.6 cm³/mol. The maximum absolute atomic E-state index is 12.3. The molecular weight excluding hydrogens is 258 g/mol. The fourth-order valence-corrected chi connectivity index (χ4v) is 3.19. The molecule has 2 heterocycles. The van der Waals surface area contributed by atoms with Crippen molar-refractivity contribution in [2.75, 3.05) is 37.9 Å². The summed E-state index contributed by atoms with van der Waals surface area (Å²) >= 11 is 1.68. The largest absolute Gasteiger partial charge is 0.481 e. The molecule has 6 nitrogen and oxygen atoms in total. The number of rotatable bonds is 3. The van der Waals surface area contributed by atoms with Gasteiger partial charge in [-0.2, -0.15) is 11.8 Å². The van der Waals surface area contributed by atoms with Crippen LogP contribution in [0.1, 0.15) is 6.42 Å². The van der Waals surface area contributed by atoms with Crippen LogP contribution in [-0.2, 0) is 19.1 Å². The molecule has 2 saturated heterocycles. The van der Waals surface area contributed by atoms with Gasteiger partial charge in [-0.05, 0) is 0 Å². The van der Waals surface area contributed by atoms with E-state index in [0.717, 1.165) is 5.75 Å². The summed E-state index contributed by atoms with van der Waals surface area (Å²) in [5.41, 5.74) is 0. The lowest BCUT2D eigenvalue weighted by Gasteiger charge is -2.37. The van der Waals surface area contributed by atoms with Crippen molar-refractivity contribution in [2.24, 2.45) is 0 Å². The molecule has 2 atom stereocenters. The molecule has 102 valence electrons. The highest BCUT2D eigenvalue weighted by atomic mass is 32.2. The van der Waals surface area contributed by atoms with Crippen molar-refractivity contribution >= 4 is 23.6 Å². The quantitative estimate of drug-likeness (QED) is 0.770. The van der Waals surface area contributed by atoms with Crippen molar-refractivity contribution in [3.05, 3.63) is 0 Å². The lowest BCUT2D eigenvalue weighted by Crippen LogP contribution is -2.53. The molecule has 0 aliphatic carbocycles. The Hall–Kier alpha value is -0.790. The van der Waals surface area contributed by atoms with Gasteiger partial charge < -0.3 is 19.5 Å². The third-order valence-electron chi connectivity index (χ3n) is 3.01. The third-order valence-corrected chi connectivity index (χ3v) is 4.10.